The van der Waals surface area contributed by atoms with Crippen LogP contribution < -0.4 is 16.4 Å². The number of nitrogens with two attached hydrogens (primary N) is 1. The van der Waals surface area contributed by atoms with Gasteiger partial charge in [0.25, 0.3) is 0 Å². The molecule has 7 nitrogen and oxygen atoms in total. The number of nitrogens with zero attached hydrogens (tertiary/aromatic N) is 1. The minimum atomic E-state index is -0.513. The molecule has 1 aliphatic rings. The van der Waals surface area contributed by atoms with E-state index in [4.69, 9.17) is 5.73 Å². The van der Waals surface area contributed by atoms with Gasteiger partial charge in [-0.25, -0.2) is 4.79 Å². The molecule has 0 aromatic heterocycles. The number of carbonyl (C=O) groups is 3. The number of likely N-dealkylation sites (tertiary alicyclic amines) is 1. The summed E-state index contributed by atoms with van der Waals surface area (Å²) in [4.78, 5) is 37.1. The van der Waals surface area contributed by atoms with Crippen LogP contribution in [0.4, 0.5) is 10.5 Å². The summed E-state index contributed by atoms with van der Waals surface area (Å²) in [6.07, 6.45) is 1.42. The average Bonchev–Trinajstić information content (AvgIpc) is 2.56. The molecule has 1 aromatic rings. The first-order valence-electron chi connectivity index (χ1n) is 8.47. The predicted molar refractivity (Wildman–Crippen MR) is 96.2 cm³/mol. The lowest BCUT2D eigenvalue weighted by molar-refractivity contribution is -0.128. The zero-order valence-corrected chi connectivity index (χ0v) is 15.0. The molecule has 1 heterocycles. The van der Waals surface area contributed by atoms with Crippen LogP contribution in [0.25, 0.3) is 0 Å². The average molecular weight is 346 g/mol. The molecule has 25 heavy (non-hydrogen) atoms. The lowest BCUT2D eigenvalue weighted by Gasteiger charge is -2.30. The van der Waals surface area contributed by atoms with E-state index in [0.29, 0.717) is 19.5 Å². The van der Waals surface area contributed by atoms with Crippen molar-refractivity contribution in [3.63, 3.8) is 0 Å². The standard InChI is InChI=1S/C18H26N4O3/c1-11-7-12(2)16(13(3)8-11)21-15(23)9-20-17(24)14-5-4-6-22(10-14)18(19)25/h7-8,14H,4-6,9-10H2,1-3H3,(H2,19,25)(H,20,24)(H,21,23)/t14-/m0/s1. The normalized spacial score (nSPS) is 17.1. The smallest absolute Gasteiger partial charge is 0.314 e. The number of piperidine rings is 1. The van der Waals surface area contributed by atoms with Gasteiger partial charge in [0, 0.05) is 18.8 Å². The number of aryl methyl sites for hydroxylation is 3. The van der Waals surface area contributed by atoms with Crippen molar-refractivity contribution in [3.05, 3.63) is 28.8 Å². The van der Waals surface area contributed by atoms with E-state index >= 15 is 0 Å². The van der Waals surface area contributed by atoms with Crippen LogP contribution in [0.5, 0.6) is 0 Å². The molecule has 0 aliphatic carbocycles. The molecule has 0 bridgehead atoms. The van der Waals surface area contributed by atoms with Crippen molar-refractivity contribution < 1.29 is 14.4 Å². The van der Waals surface area contributed by atoms with E-state index in [9.17, 15) is 14.4 Å². The van der Waals surface area contributed by atoms with Crippen LogP contribution in [-0.4, -0.2) is 42.4 Å². The molecule has 1 atom stereocenters. The van der Waals surface area contributed by atoms with E-state index < -0.39 is 6.03 Å². The molecule has 0 unspecified atom stereocenters. The van der Waals surface area contributed by atoms with Gasteiger partial charge in [0.2, 0.25) is 11.8 Å². The molecule has 1 saturated heterocycles. The zero-order chi connectivity index (χ0) is 18.6. The maximum Gasteiger partial charge on any atom is 0.314 e. The van der Waals surface area contributed by atoms with Crippen molar-refractivity contribution in [1.29, 1.82) is 0 Å². The summed E-state index contributed by atoms with van der Waals surface area (Å²) in [7, 11) is 0. The van der Waals surface area contributed by atoms with Gasteiger partial charge in [-0.3, -0.25) is 9.59 Å². The van der Waals surface area contributed by atoms with E-state index in [0.717, 1.165) is 28.8 Å². The van der Waals surface area contributed by atoms with Gasteiger partial charge in [-0.1, -0.05) is 17.7 Å². The second kappa shape index (κ2) is 8.00. The Morgan fingerprint density at radius 3 is 2.44 bits per heavy atom. The second-order valence-electron chi connectivity index (χ2n) is 6.66. The summed E-state index contributed by atoms with van der Waals surface area (Å²) in [5.74, 6) is -0.818. The van der Waals surface area contributed by atoms with E-state index in [1.165, 1.54) is 4.90 Å². The van der Waals surface area contributed by atoms with Crippen LogP contribution in [0.1, 0.15) is 29.5 Å². The first-order chi connectivity index (χ1) is 11.8. The molecule has 1 fully saturated rings. The van der Waals surface area contributed by atoms with E-state index in [2.05, 4.69) is 10.6 Å². The second-order valence-corrected chi connectivity index (χ2v) is 6.66. The lowest BCUT2D eigenvalue weighted by Crippen LogP contribution is -2.48. The third-order valence-electron chi connectivity index (χ3n) is 4.47. The maximum absolute atomic E-state index is 12.2. The first-order valence-corrected chi connectivity index (χ1v) is 8.47. The van der Waals surface area contributed by atoms with Crippen LogP contribution >= 0.6 is 0 Å². The molecule has 0 radical (unpaired) electrons. The molecule has 4 N–H and O–H groups in total. The molecular weight excluding hydrogens is 320 g/mol. The Morgan fingerprint density at radius 1 is 1.20 bits per heavy atom. The number of urea groups is 1. The maximum atomic E-state index is 12.2. The number of rotatable bonds is 4. The zero-order valence-electron chi connectivity index (χ0n) is 15.0. The molecule has 2 rings (SSSR count). The highest BCUT2D eigenvalue weighted by molar-refractivity contribution is 5.96. The summed E-state index contributed by atoms with van der Waals surface area (Å²) in [6.45, 7) is 6.66. The van der Waals surface area contributed by atoms with Crippen LogP contribution in [0.2, 0.25) is 0 Å². The highest BCUT2D eigenvalue weighted by atomic mass is 16.2. The van der Waals surface area contributed by atoms with Crippen molar-refractivity contribution in [1.82, 2.24) is 10.2 Å². The van der Waals surface area contributed by atoms with Crippen molar-refractivity contribution in [2.45, 2.75) is 33.6 Å². The fourth-order valence-electron chi connectivity index (χ4n) is 3.26. The summed E-state index contributed by atoms with van der Waals surface area (Å²) >= 11 is 0. The predicted octanol–water partition coefficient (Wildman–Crippen LogP) is 1.46. The Labute approximate surface area is 147 Å². The number of carbonyl (C=O) groups excluding carboxylic acids is 3. The van der Waals surface area contributed by atoms with E-state index in [1.807, 2.05) is 32.9 Å². The molecule has 4 amide bonds. The highest BCUT2D eigenvalue weighted by Crippen LogP contribution is 2.21. The van der Waals surface area contributed by atoms with Gasteiger partial charge in [-0.05, 0) is 44.7 Å². The molecule has 7 heteroatoms. The summed E-state index contributed by atoms with van der Waals surface area (Å²) in [5.41, 5.74) is 9.16. The van der Waals surface area contributed by atoms with E-state index in [-0.39, 0.29) is 24.3 Å². The van der Waals surface area contributed by atoms with E-state index in [1.54, 1.807) is 0 Å². The minimum absolute atomic E-state index is 0.0986. The number of amides is 4. The molecule has 136 valence electrons. The van der Waals surface area contributed by atoms with Crippen LogP contribution in [0.3, 0.4) is 0 Å². The van der Waals surface area contributed by atoms with Crippen LogP contribution in [-0.2, 0) is 9.59 Å². The van der Waals surface area contributed by atoms with Gasteiger partial charge < -0.3 is 21.3 Å². The Balaban J connectivity index is 1.87. The minimum Gasteiger partial charge on any atom is -0.351 e. The van der Waals surface area contributed by atoms with Gasteiger partial charge in [0.15, 0.2) is 0 Å². The molecule has 0 spiro atoms. The van der Waals surface area contributed by atoms with Gasteiger partial charge in [-0.15, -0.1) is 0 Å². The van der Waals surface area contributed by atoms with Gasteiger partial charge >= 0.3 is 6.03 Å². The van der Waals surface area contributed by atoms with Crippen molar-refractivity contribution in [2.24, 2.45) is 11.7 Å². The SMILES string of the molecule is Cc1cc(C)c(NC(=O)CNC(=O)[C@H]2CCCN(C(N)=O)C2)c(C)c1. The Morgan fingerprint density at radius 2 is 1.84 bits per heavy atom. The fourth-order valence-corrected chi connectivity index (χ4v) is 3.26. The van der Waals surface area contributed by atoms with Crippen molar-refractivity contribution in [3.8, 4) is 0 Å². The lowest BCUT2D eigenvalue weighted by atomic mass is 9.97. The third kappa shape index (κ3) is 4.95. The van der Waals surface area contributed by atoms with Crippen molar-refractivity contribution >= 4 is 23.5 Å². The number of benzene rings is 1. The number of nitrogens with one attached hydrogen (secondary N) is 2. The topological polar surface area (TPSA) is 105 Å². The van der Waals surface area contributed by atoms with Gasteiger partial charge in [0.1, 0.15) is 0 Å². The Bertz CT molecular complexity index is 664. The summed E-state index contributed by atoms with van der Waals surface area (Å²) in [6, 6.07) is 3.49. The number of anilines is 1. The number of hydrogen-bond acceptors (Lipinski definition) is 3. The van der Waals surface area contributed by atoms with Crippen molar-refractivity contribution in [2.75, 3.05) is 25.0 Å². The highest BCUT2D eigenvalue weighted by Gasteiger charge is 2.27. The Hall–Kier alpha value is -2.57. The summed E-state index contributed by atoms with van der Waals surface area (Å²) < 4.78 is 0. The van der Waals surface area contributed by atoms with Gasteiger partial charge in [-0.2, -0.15) is 0 Å². The fraction of sp³-hybridized carbons (Fsp3) is 0.500. The van der Waals surface area contributed by atoms with Crippen LogP contribution in [0, 0.1) is 26.7 Å². The Kier molecular flexibility index (Phi) is 6.01. The monoisotopic (exact) mass is 346 g/mol. The molecule has 1 aliphatic heterocycles. The number of primary amides is 1. The third-order valence-corrected chi connectivity index (χ3v) is 4.47. The first kappa shape index (κ1) is 18.8. The molecule has 0 saturated carbocycles. The summed E-state index contributed by atoms with van der Waals surface area (Å²) in [5, 5.41) is 5.51. The largest absolute Gasteiger partial charge is 0.351 e. The van der Waals surface area contributed by atoms with Crippen LogP contribution in [0.15, 0.2) is 12.1 Å². The molecular formula is C18H26N4O3. The molecule has 1 aromatic carbocycles. The quantitative estimate of drug-likeness (QED) is 0.768. The number of hydrogen-bond donors (Lipinski definition) is 3. The van der Waals surface area contributed by atoms with Gasteiger partial charge in [0.05, 0.1) is 12.5 Å².